The Morgan fingerprint density at radius 1 is 1.19 bits per heavy atom. The molecule has 110 valence electrons. The molecule has 0 fully saturated rings. The number of aliphatic hydroxyl groups is 1. The van der Waals surface area contributed by atoms with Gasteiger partial charge in [0.25, 0.3) is 5.91 Å². The largest absolute Gasteiger partial charge is 0.392 e. The first-order valence-corrected chi connectivity index (χ1v) is 6.88. The first-order valence-electron chi connectivity index (χ1n) is 6.88. The number of aliphatic hydroxyl groups excluding tert-OH is 1. The lowest BCUT2D eigenvalue weighted by molar-refractivity contribution is 0.102. The van der Waals surface area contributed by atoms with Crippen LogP contribution in [0, 0.1) is 0 Å². The number of carbonyl (C=O) groups excluding carboxylic acids is 1. The van der Waals surface area contributed by atoms with E-state index in [1.54, 1.807) is 18.3 Å². The van der Waals surface area contributed by atoms with Crippen molar-refractivity contribution >= 4 is 11.7 Å². The van der Waals surface area contributed by atoms with Crippen molar-refractivity contribution < 1.29 is 9.90 Å². The Hall–Kier alpha value is -2.20. The van der Waals surface area contributed by atoms with Crippen molar-refractivity contribution in [2.24, 2.45) is 0 Å². The third kappa shape index (κ3) is 3.89. The summed E-state index contributed by atoms with van der Waals surface area (Å²) in [6, 6.07) is 10.9. The van der Waals surface area contributed by atoms with Gasteiger partial charge in [-0.3, -0.25) is 4.79 Å². The van der Waals surface area contributed by atoms with Crippen molar-refractivity contribution in [2.45, 2.75) is 32.8 Å². The molecule has 0 saturated carbocycles. The van der Waals surface area contributed by atoms with Gasteiger partial charge < -0.3 is 10.4 Å². The van der Waals surface area contributed by atoms with Crippen molar-refractivity contribution in [3.8, 4) is 0 Å². The molecule has 0 saturated heterocycles. The van der Waals surface area contributed by atoms with E-state index in [0.717, 1.165) is 0 Å². The van der Waals surface area contributed by atoms with Gasteiger partial charge in [0.2, 0.25) is 0 Å². The van der Waals surface area contributed by atoms with E-state index in [-0.39, 0.29) is 17.9 Å². The van der Waals surface area contributed by atoms with Crippen LogP contribution in [0.15, 0.2) is 42.6 Å². The van der Waals surface area contributed by atoms with Gasteiger partial charge in [0.05, 0.1) is 6.61 Å². The molecule has 2 rings (SSSR count). The highest BCUT2D eigenvalue weighted by Gasteiger charge is 2.14. The SMILES string of the molecule is CC(C)(C)c1ccc(C(=O)Nc2cc(CO)ccn2)cc1. The number of nitrogens with one attached hydrogen (secondary N) is 1. The van der Waals surface area contributed by atoms with Crippen molar-refractivity contribution in [3.63, 3.8) is 0 Å². The van der Waals surface area contributed by atoms with E-state index in [1.165, 1.54) is 5.56 Å². The number of anilines is 1. The molecule has 0 atom stereocenters. The van der Waals surface area contributed by atoms with Crippen LogP contribution in [0.2, 0.25) is 0 Å². The van der Waals surface area contributed by atoms with Gasteiger partial charge in [-0.1, -0.05) is 32.9 Å². The monoisotopic (exact) mass is 284 g/mol. The maximum absolute atomic E-state index is 12.2. The predicted molar refractivity (Wildman–Crippen MR) is 83.3 cm³/mol. The second kappa shape index (κ2) is 6.06. The number of hydrogen-bond acceptors (Lipinski definition) is 3. The number of amides is 1. The molecule has 0 aliphatic rings. The summed E-state index contributed by atoms with van der Waals surface area (Å²) in [6.07, 6.45) is 1.56. The normalized spacial score (nSPS) is 11.2. The summed E-state index contributed by atoms with van der Waals surface area (Å²) in [5.74, 6) is 0.226. The molecule has 1 aromatic heterocycles. The Bertz CT molecular complexity index is 628. The van der Waals surface area contributed by atoms with Gasteiger partial charge in [0.1, 0.15) is 5.82 Å². The first-order chi connectivity index (χ1) is 9.90. The maximum atomic E-state index is 12.2. The molecule has 4 nitrogen and oxygen atoms in total. The number of rotatable bonds is 3. The minimum atomic E-state index is -0.210. The zero-order chi connectivity index (χ0) is 15.5. The van der Waals surface area contributed by atoms with E-state index < -0.39 is 0 Å². The molecule has 0 bridgehead atoms. The predicted octanol–water partition coefficient (Wildman–Crippen LogP) is 3.12. The fraction of sp³-hybridized carbons (Fsp3) is 0.294. The summed E-state index contributed by atoms with van der Waals surface area (Å²) in [5.41, 5.74) is 2.54. The van der Waals surface area contributed by atoms with E-state index in [9.17, 15) is 4.79 Å². The van der Waals surface area contributed by atoms with Crippen molar-refractivity contribution in [1.82, 2.24) is 4.98 Å². The number of pyridine rings is 1. The second-order valence-corrected chi connectivity index (χ2v) is 5.99. The standard InChI is InChI=1S/C17H20N2O2/c1-17(2,3)14-6-4-13(5-7-14)16(21)19-15-10-12(11-20)8-9-18-15/h4-10,20H,11H2,1-3H3,(H,18,19,21). The van der Waals surface area contributed by atoms with Crippen LogP contribution in [-0.4, -0.2) is 16.0 Å². The average molecular weight is 284 g/mol. The molecule has 2 aromatic rings. The van der Waals surface area contributed by atoms with Crippen LogP contribution in [-0.2, 0) is 12.0 Å². The van der Waals surface area contributed by atoms with Gasteiger partial charge in [0.15, 0.2) is 0 Å². The minimum Gasteiger partial charge on any atom is -0.392 e. The molecule has 0 aliphatic heterocycles. The van der Waals surface area contributed by atoms with Crippen molar-refractivity contribution in [2.75, 3.05) is 5.32 Å². The van der Waals surface area contributed by atoms with Crippen LogP contribution >= 0.6 is 0 Å². The van der Waals surface area contributed by atoms with Crippen molar-refractivity contribution in [1.29, 1.82) is 0 Å². The van der Waals surface area contributed by atoms with Crippen molar-refractivity contribution in [3.05, 3.63) is 59.3 Å². The maximum Gasteiger partial charge on any atom is 0.256 e. The lowest BCUT2D eigenvalue weighted by Crippen LogP contribution is -2.15. The summed E-state index contributed by atoms with van der Waals surface area (Å²) in [4.78, 5) is 16.2. The third-order valence-corrected chi connectivity index (χ3v) is 3.26. The lowest BCUT2D eigenvalue weighted by Gasteiger charge is -2.19. The van der Waals surface area contributed by atoms with Crippen LogP contribution in [0.4, 0.5) is 5.82 Å². The number of nitrogens with zero attached hydrogens (tertiary/aromatic N) is 1. The van der Waals surface area contributed by atoms with Gasteiger partial charge in [-0.2, -0.15) is 0 Å². The Kier molecular flexibility index (Phi) is 4.38. The quantitative estimate of drug-likeness (QED) is 0.910. The van der Waals surface area contributed by atoms with Crippen LogP contribution in [0.5, 0.6) is 0 Å². The number of carbonyl (C=O) groups is 1. The zero-order valence-electron chi connectivity index (χ0n) is 12.6. The summed E-state index contributed by atoms with van der Waals surface area (Å²) in [7, 11) is 0. The van der Waals surface area contributed by atoms with Gasteiger partial charge >= 0.3 is 0 Å². The van der Waals surface area contributed by atoms with Crippen LogP contribution in [0.1, 0.15) is 42.3 Å². The van der Waals surface area contributed by atoms with E-state index >= 15 is 0 Å². The molecule has 4 heteroatoms. The second-order valence-electron chi connectivity index (χ2n) is 5.99. The fourth-order valence-corrected chi connectivity index (χ4v) is 1.95. The molecular weight excluding hydrogens is 264 g/mol. The van der Waals surface area contributed by atoms with Gasteiger partial charge in [-0.05, 0) is 40.8 Å². The van der Waals surface area contributed by atoms with E-state index in [1.807, 2.05) is 24.3 Å². The Morgan fingerprint density at radius 3 is 2.43 bits per heavy atom. The molecule has 0 radical (unpaired) electrons. The zero-order valence-corrected chi connectivity index (χ0v) is 12.6. The molecule has 21 heavy (non-hydrogen) atoms. The lowest BCUT2D eigenvalue weighted by atomic mass is 9.87. The highest BCUT2D eigenvalue weighted by Crippen LogP contribution is 2.22. The average Bonchev–Trinajstić information content (AvgIpc) is 2.46. The molecule has 0 unspecified atom stereocenters. The van der Waals surface area contributed by atoms with Gasteiger partial charge in [-0.25, -0.2) is 4.98 Å². The van der Waals surface area contributed by atoms with Gasteiger partial charge in [-0.15, -0.1) is 0 Å². The summed E-state index contributed by atoms with van der Waals surface area (Å²) in [6.45, 7) is 6.32. The molecule has 1 heterocycles. The molecular formula is C17H20N2O2. The van der Waals surface area contributed by atoms with E-state index in [2.05, 4.69) is 31.1 Å². The molecule has 0 aliphatic carbocycles. The van der Waals surface area contributed by atoms with Crippen LogP contribution in [0.3, 0.4) is 0 Å². The summed E-state index contributed by atoms with van der Waals surface area (Å²) < 4.78 is 0. The van der Waals surface area contributed by atoms with Crippen LogP contribution < -0.4 is 5.32 Å². The highest BCUT2D eigenvalue weighted by atomic mass is 16.3. The topological polar surface area (TPSA) is 62.2 Å². The molecule has 1 amide bonds. The van der Waals surface area contributed by atoms with E-state index in [4.69, 9.17) is 5.11 Å². The number of hydrogen-bond donors (Lipinski definition) is 2. The van der Waals surface area contributed by atoms with E-state index in [0.29, 0.717) is 16.9 Å². The fourth-order valence-electron chi connectivity index (χ4n) is 1.95. The Morgan fingerprint density at radius 2 is 1.86 bits per heavy atom. The summed E-state index contributed by atoms with van der Waals surface area (Å²) >= 11 is 0. The molecule has 2 N–H and O–H groups in total. The highest BCUT2D eigenvalue weighted by molar-refractivity contribution is 6.03. The Labute approximate surface area is 124 Å². The number of aromatic nitrogens is 1. The smallest absolute Gasteiger partial charge is 0.256 e. The first kappa shape index (κ1) is 15.2. The van der Waals surface area contributed by atoms with Crippen LogP contribution in [0.25, 0.3) is 0 Å². The third-order valence-electron chi connectivity index (χ3n) is 3.26. The number of benzene rings is 1. The van der Waals surface area contributed by atoms with Gasteiger partial charge in [0, 0.05) is 11.8 Å². The molecule has 0 spiro atoms. The Balaban J connectivity index is 2.13. The molecule has 1 aromatic carbocycles. The summed E-state index contributed by atoms with van der Waals surface area (Å²) in [5, 5.41) is 11.8. The minimum absolute atomic E-state index is 0.0615.